The highest BCUT2D eigenvalue weighted by atomic mass is 16.5. The predicted octanol–water partition coefficient (Wildman–Crippen LogP) is 3.72. The minimum atomic E-state index is -0.640. The Balaban J connectivity index is 1.85. The number of fused-ring (bicyclic) bond motifs is 2. The Morgan fingerprint density at radius 1 is 1.32 bits per heavy atom. The van der Waals surface area contributed by atoms with Crippen molar-refractivity contribution in [2.24, 2.45) is 23.7 Å². The molecule has 0 amide bonds. The van der Waals surface area contributed by atoms with Crippen molar-refractivity contribution in [3.8, 4) is 0 Å². The van der Waals surface area contributed by atoms with Crippen LogP contribution >= 0.6 is 0 Å². The molecule has 0 aromatic rings. The smallest absolute Gasteiger partial charge is 0.309 e. The summed E-state index contributed by atoms with van der Waals surface area (Å²) < 4.78 is 6.08. The van der Waals surface area contributed by atoms with Gasteiger partial charge >= 0.3 is 5.97 Å². The van der Waals surface area contributed by atoms with E-state index in [4.69, 9.17) is 4.74 Å². The highest BCUT2D eigenvalue weighted by Crippen LogP contribution is 2.50. The lowest BCUT2D eigenvalue weighted by Gasteiger charge is -2.29. The standard InChI is InChI=1S/C16H28O3/c1-3-5-6-11(4-2)10-19-15-13-8-7-12(9-13)14(15)16(17)18/h11-15H,3-10H2,1-2H3,(H,17,18). The summed E-state index contributed by atoms with van der Waals surface area (Å²) in [7, 11) is 0. The molecule has 1 N–H and O–H groups in total. The van der Waals surface area contributed by atoms with Crippen molar-refractivity contribution in [2.45, 2.75) is 64.9 Å². The maximum atomic E-state index is 11.4. The zero-order chi connectivity index (χ0) is 13.8. The summed E-state index contributed by atoms with van der Waals surface area (Å²) >= 11 is 0. The van der Waals surface area contributed by atoms with E-state index in [2.05, 4.69) is 13.8 Å². The van der Waals surface area contributed by atoms with Crippen LogP contribution in [0.4, 0.5) is 0 Å². The number of carboxylic acids is 1. The monoisotopic (exact) mass is 268 g/mol. The molecule has 0 aromatic carbocycles. The Morgan fingerprint density at radius 2 is 2.05 bits per heavy atom. The van der Waals surface area contributed by atoms with Crippen LogP contribution in [0.25, 0.3) is 0 Å². The third kappa shape index (κ3) is 3.31. The summed E-state index contributed by atoms with van der Waals surface area (Å²) in [6.45, 7) is 5.18. The van der Waals surface area contributed by atoms with E-state index in [0.717, 1.165) is 25.9 Å². The fourth-order valence-corrected chi connectivity index (χ4v) is 3.97. The highest BCUT2D eigenvalue weighted by Gasteiger charge is 2.51. The quantitative estimate of drug-likeness (QED) is 0.730. The lowest BCUT2D eigenvalue weighted by molar-refractivity contribution is -0.151. The maximum Gasteiger partial charge on any atom is 0.309 e. The summed E-state index contributed by atoms with van der Waals surface area (Å²) in [5, 5.41) is 9.39. The number of carboxylic acid groups (broad SMARTS) is 1. The third-order valence-electron chi connectivity index (χ3n) is 5.19. The first-order valence-corrected chi connectivity index (χ1v) is 8.01. The molecule has 0 aromatic heterocycles. The van der Waals surface area contributed by atoms with Crippen LogP contribution in [0.2, 0.25) is 0 Å². The fourth-order valence-electron chi connectivity index (χ4n) is 3.97. The molecule has 5 atom stereocenters. The molecular weight excluding hydrogens is 240 g/mol. The highest BCUT2D eigenvalue weighted by molar-refractivity contribution is 5.72. The van der Waals surface area contributed by atoms with Crippen LogP contribution in [0.3, 0.4) is 0 Å². The molecule has 5 unspecified atom stereocenters. The van der Waals surface area contributed by atoms with E-state index in [-0.39, 0.29) is 12.0 Å². The van der Waals surface area contributed by atoms with Crippen molar-refractivity contribution in [3.05, 3.63) is 0 Å². The number of carbonyl (C=O) groups is 1. The normalized spacial score (nSPS) is 34.6. The van der Waals surface area contributed by atoms with Crippen molar-refractivity contribution in [1.82, 2.24) is 0 Å². The maximum absolute atomic E-state index is 11.4. The Hall–Kier alpha value is -0.570. The molecule has 3 nitrogen and oxygen atoms in total. The van der Waals surface area contributed by atoms with Crippen LogP contribution in [-0.2, 0) is 9.53 Å². The van der Waals surface area contributed by atoms with Crippen molar-refractivity contribution in [1.29, 1.82) is 0 Å². The van der Waals surface area contributed by atoms with E-state index in [1.54, 1.807) is 0 Å². The van der Waals surface area contributed by atoms with E-state index in [1.807, 2.05) is 0 Å². The van der Waals surface area contributed by atoms with Gasteiger partial charge in [0, 0.05) is 6.61 Å². The van der Waals surface area contributed by atoms with Crippen LogP contribution in [-0.4, -0.2) is 23.8 Å². The van der Waals surface area contributed by atoms with Gasteiger partial charge < -0.3 is 9.84 Å². The zero-order valence-corrected chi connectivity index (χ0v) is 12.3. The molecule has 2 saturated carbocycles. The van der Waals surface area contributed by atoms with Gasteiger partial charge in [-0.15, -0.1) is 0 Å². The topological polar surface area (TPSA) is 46.5 Å². The average Bonchev–Trinajstić information content (AvgIpc) is 2.99. The molecule has 2 rings (SSSR count). The second-order valence-electron chi connectivity index (χ2n) is 6.41. The number of ether oxygens (including phenoxy) is 1. The van der Waals surface area contributed by atoms with E-state index < -0.39 is 5.97 Å². The fraction of sp³-hybridized carbons (Fsp3) is 0.938. The lowest BCUT2D eigenvalue weighted by atomic mass is 9.86. The van der Waals surface area contributed by atoms with E-state index >= 15 is 0 Å². The lowest BCUT2D eigenvalue weighted by Crippen LogP contribution is -2.36. The molecule has 0 saturated heterocycles. The molecule has 0 spiro atoms. The van der Waals surface area contributed by atoms with Gasteiger partial charge in [-0.25, -0.2) is 0 Å². The molecule has 0 heterocycles. The van der Waals surface area contributed by atoms with Crippen LogP contribution < -0.4 is 0 Å². The number of rotatable bonds is 8. The van der Waals surface area contributed by atoms with Gasteiger partial charge in [0.2, 0.25) is 0 Å². The van der Waals surface area contributed by atoms with Crippen LogP contribution in [0.1, 0.15) is 58.8 Å². The molecule has 19 heavy (non-hydrogen) atoms. The first kappa shape index (κ1) is 14.8. The van der Waals surface area contributed by atoms with Crippen LogP contribution in [0.15, 0.2) is 0 Å². The van der Waals surface area contributed by atoms with Gasteiger partial charge in [-0.05, 0) is 43.4 Å². The van der Waals surface area contributed by atoms with Gasteiger partial charge in [0.15, 0.2) is 0 Å². The van der Waals surface area contributed by atoms with E-state index in [0.29, 0.717) is 17.8 Å². The first-order valence-electron chi connectivity index (χ1n) is 8.01. The number of aliphatic carboxylic acids is 1. The molecule has 0 radical (unpaired) electrons. The summed E-state index contributed by atoms with van der Waals surface area (Å²) in [4.78, 5) is 11.4. The van der Waals surface area contributed by atoms with Crippen molar-refractivity contribution in [2.75, 3.05) is 6.61 Å². The molecule has 2 aliphatic rings. The van der Waals surface area contributed by atoms with Crippen molar-refractivity contribution in [3.63, 3.8) is 0 Å². The van der Waals surface area contributed by atoms with Crippen LogP contribution in [0, 0.1) is 23.7 Å². The summed E-state index contributed by atoms with van der Waals surface area (Å²) in [5.41, 5.74) is 0. The molecule has 3 heteroatoms. The minimum Gasteiger partial charge on any atom is -0.481 e. The number of hydrogen-bond donors (Lipinski definition) is 1. The molecule has 2 aliphatic carbocycles. The Labute approximate surface area is 116 Å². The first-order chi connectivity index (χ1) is 9.17. The third-order valence-corrected chi connectivity index (χ3v) is 5.19. The molecule has 2 bridgehead atoms. The Morgan fingerprint density at radius 3 is 2.68 bits per heavy atom. The molecule has 110 valence electrons. The summed E-state index contributed by atoms with van der Waals surface area (Å²) in [6.07, 6.45) is 8.16. The van der Waals surface area contributed by atoms with E-state index in [9.17, 15) is 9.90 Å². The van der Waals surface area contributed by atoms with Gasteiger partial charge in [-0.2, -0.15) is 0 Å². The SMILES string of the molecule is CCCCC(CC)COC1C2CCC(C2)C1C(=O)O. The summed E-state index contributed by atoms with van der Waals surface area (Å²) in [6, 6.07) is 0. The minimum absolute atomic E-state index is 0.00748. The van der Waals surface area contributed by atoms with Gasteiger partial charge in [-0.1, -0.05) is 33.1 Å². The molecular formula is C16H28O3. The molecule has 2 fully saturated rings. The van der Waals surface area contributed by atoms with Crippen molar-refractivity contribution >= 4 is 5.97 Å². The van der Waals surface area contributed by atoms with Gasteiger partial charge in [0.25, 0.3) is 0 Å². The van der Waals surface area contributed by atoms with E-state index in [1.165, 1.54) is 25.7 Å². The van der Waals surface area contributed by atoms with Gasteiger partial charge in [0.05, 0.1) is 12.0 Å². The van der Waals surface area contributed by atoms with Crippen molar-refractivity contribution < 1.29 is 14.6 Å². The second-order valence-corrected chi connectivity index (χ2v) is 6.41. The average molecular weight is 268 g/mol. The number of hydrogen-bond acceptors (Lipinski definition) is 2. The molecule has 0 aliphatic heterocycles. The Kier molecular flexibility index (Phi) is 5.26. The second kappa shape index (κ2) is 6.74. The zero-order valence-electron chi connectivity index (χ0n) is 12.3. The van der Waals surface area contributed by atoms with Crippen LogP contribution in [0.5, 0.6) is 0 Å². The summed E-state index contributed by atoms with van der Waals surface area (Å²) in [5.74, 6) is 0.618. The predicted molar refractivity (Wildman–Crippen MR) is 75.0 cm³/mol. The van der Waals surface area contributed by atoms with Gasteiger partial charge in [0.1, 0.15) is 0 Å². The Bertz CT molecular complexity index is 302. The van der Waals surface area contributed by atoms with Gasteiger partial charge in [-0.3, -0.25) is 4.79 Å². The number of unbranched alkanes of at least 4 members (excludes halogenated alkanes) is 1. The largest absolute Gasteiger partial charge is 0.481 e.